The van der Waals surface area contributed by atoms with Gasteiger partial charge in [0.05, 0.1) is 18.8 Å². The number of ether oxygens (including phenoxy) is 1. The first kappa shape index (κ1) is 25.7. The quantitative estimate of drug-likeness (QED) is 0.187. The Balaban J connectivity index is 0.00000450. The molecule has 0 aliphatic carbocycles. The molecule has 1 aromatic carbocycles. The highest BCUT2D eigenvalue weighted by molar-refractivity contribution is 14.0. The number of carbonyl (C=O) groups is 1. The van der Waals surface area contributed by atoms with Crippen LogP contribution >= 0.6 is 24.0 Å². The minimum absolute atomic E-state index is 0. The molecule has 0 atom stereocenters. The van der Waals surface area contributed by atoms with Crippen LogP contribution in [-0.4, -0.2) is 37.2 Å². The summed E-state index contributed by atoms with van der Waals surface area (Å²) < 4.78 is 11.1. The molecule has 0 bridgehead atoms. The Hall–Kier alpha value is -2.30. The van der Waals surface area contributed by atoms with Crippen LogP contribution in [0.3, 0.4) is 0 Å². The number of nitrogens with zero attached hydrogens (tertiary/aromatic N) is 2. The van der Waals surface area contributed by atoms with Crippen LogP contribution in [-0.2, 0) is 11.3 Å². The zero-order valence-corrected chi connectivity index (χ0v) is 20.4. The van der Waals surface area contributed by atoms with E-state index in [4.69, 9.17) is 9.26 Å². The van der Waals surface area contributed by atoms with Crippen LogP contribution in [0.15, 0.2) is 39.8 Å². The minimum atomic E-state index is -0.113. The van der Waals surface area contributed by atoms with E-state index in [1.165, 1.54) is 6.92 Å². The third-order valence-electron chi connectivity index (χ3n) is 4.45. The Morgan fingerprint density at radius 1 is 1.23 bits per heavy atom. The molecule has 8 nitrogen and oxygen atoms in total. The standard InChI is InChI=1S/C21H31N5O3.HI/c1-5-16(6-2)20-13-19(29-26-20)14-24-21(22-4)23-10-11-28-18-9-7-8-17(12-18)25-15(3)27;/h7-9,12-13,16H,5-6,10-11,14H2,1-4H3,(H,25,27)(H2,22,23,24);1H. The van der Waals surface area contributed by atoms with Gasteiger partial charge in [-0.15, -0.1) is 24.0 Å². The molecule has 0 spiro atoms. The van der Waals surface area contributed by atoms with Crippen LogP contribution in [0, 0.1) is 0 Å². The SMILES string of the molecule is CCC(CC)c1cc(CNC(=NC)NCCOc2cccc(NC(C)=O)c2)on1.I. The lowest BCUT2D eigenvalue weighted by atomic mass is 9.99. The average Bonchev–Trinajstić information content (AvgIpc) is 3.17. The number of halogens is 1. The van der Waals surface area contributed by atoms with Crippen LogP contribution in [0.4, 0.5) is 5.69 Å². The molecule has 0 fully saturated rings. The fourth-order valence-corrected chi connectivity index (χ4v) is 2.91. The highest BCUT2D eigenvalue weighted by Gasteiger charge is 2.13. The van der Waals surface area contributed by atoms with Gasteiger partial charge in [0.25, 0.3) is 0 Å². The second kappa shape index (κ2) is 13.8. The van der Waals surface area contributed by atoms with Crippen LogP contribution in [0.1, 0.15) is 51.0 Å². The molecule has 0 aliphatic rings. The largest absolute Gasteiger partial charge is 0.492 e. The van der Waals surface area contributed by atoms with Crippen molar-refractivity contribution in [2.24, 2.45) is 4.99 Å². The third-order valence-corrected chi connectivity index (χ3v) is 4.45. The summed E-state index contributed by atoms with van der Waals surface area (Å²) in [6.07, 6.45) is 2.10. The predicted octanol–water partition coefficient (Wildman–Crippen LogP) is 3.90. The molecule has 0 aliphatic heterocycles. The second-order valence-electron chi connectivity index (χ2n) is 6.64. The van der Waals surface area contributed by atoms with Gasteiger partial charge < -0.3 is 25.2 Å². The number of aliphatic imine (C=N–C) groups is 1. The fraction of sp³-hybridized carbons (Fsp3) is 0.476. The van der Waals surface area contributed by atoms with Crippen LogP contribution in [0.2, 0.25) is 0 Å². The van der Waals surface area contributed by atoms with E-state index in [0.29, 0.717) is 43.0 Å². The summed E-state index contributed by atoms with van der Waals surface area (Å²) in [4.78, 5) is 15.3. The number of carbonyl (C=O) groups excluding carboxylic acids is 1. The zero-order chi connectivity index (χ0) is 21.1. The monoisotopic (exact) mass is 529 g/mol. The number of hydrogen-bond acceptors (Lipinski definition) is 5. The van der Waals surface area contributed by atoms with Crippen molar-refractivity contribution in [1.82, 2.24) is 15.8 Å². The first-order chi connectivity index (χ1) is 14.0. The van der Waals surface area contributed by atoms with E-state index in [0.717, 1.165) is 24.3 Å². The molecule has 1 aromatic heterocycles. The summed E-state index contributed by atoms with van der Waals surface area (Å²) in [5.41, 5.74) is 1.71. The molecule has 166 valence electrons. The number of nitrogens with one attached hydrogen (secondary N) is 3. The van der Waals surface area contributed by atoms with Crippen molar-refractivity contribution in [1.29, 1.82) is 0 Å². The van der Waals surface area contributed by atoms with E-state index in [-0.39, 0.29) is 29.9 Å². The van der Waals surface area contributed by atoms with Gasteiger partial charge in [0.1, 0.15) is 12.4 Å². The van der Waals surface area contributed by atoms with Gasteiger partial charge in [0.15, 0.2) is 11.7 Å². The number of benzene rings is 1. The normalized spacial score (nSPS) is 11.0. The van der Waals surface area contributed by atoms with Crippen LogP contribution in [0.5, 0.6) is 5.75 Å². The van der Waals surface area contributed by atoms with Gasteiger partial charge >= 0.3 is 0 Å². The topological polar surface area (TPSA) is 101 Å². The average molecular weight is 529 g/mol. The summed E-state index contributed by atoms with van der Waals surface area (Å²) in [7, 11) is 1.71. The van der Waals surface area contributed by atoms with E-state index < -0.39 is 0 Å². The maximum Gasteiger partial charge on any atom is 0.221 e. The van der Waals surface area contributed by atoms with Crippen molar-refractivity contribution in [2.45, 2.75) is 46.1 Å². The predicted molar refractivity (Wildman–Crippen MR) is 130 cm³/mol. The Morgan fingerprint density at radius 2 is 2.00 bits per heavy atom. The first-order valence-corrected chi connectivity index (χ1v) is 9.96. The van der Waals surface area contributed by atoms with E-state index in [9.17, 15) is 4.79 Å². The van der Waals surface area contributed by atoms with Gasteiger partial charge in [-0.25, -0.2) is 0 Å². The minimum Gasteiger partial charge on any atom is -0.492 e. The van der Waals surface area contributed by atoms with E-state index in [1.807, 2.05) is 24.3 Å². The zero-order valence-electron chi connectivity index (χ0n) is 18.0. The Labute approximate surface area is 195 Å². The lowest BCUT2D eigenvalue weighted by Crippen LogP contribution is -2.38. The Bertz CT molecular complexity index is 805. The van der Waals surface area contributed by atoms with Gasteiger partial charge in [-0.3, -0.25) is 9.79 Å². The highest BCUT2D eigenvalue weighted by atomic mass is 127. The molecule has 0 saturated heterocycles. The van der Waals surface area contributed by atoms with Crippen LogP contribution < -0.4 is 20.7 Å². The number of hydrogen-bond donors (Lipinski definition) is 3. The maximum atomic E-state index is 11.1. The maximum absolute atomic E-state index is 11.1. The van der Waals surface area contributed by atoms with Crippen molar-refractivity contribution in [3.8, 4) is 5.75 Å². The molecule has 1 amide bonds. The van der Waals surface area contributed by atoms with Crippen molar-refractivity contribution in [3.05, 3.63) is 41.8 Å². The highest BCUT2D eigenvalue weighted by Crippen LogP contribution is 2.22. The fourth-order valence-electron chi connectivity index (χ4n) is 2.91. The van der Waals surface area contributed by atoms with Crippen molar-refractivity contribution in [2.75, 3.05) is 25.5 Å². The van der Waals surface area contributed by atoms with Crippen molar-refractivity contribution in [3.63, 3.8) is 0 Å². The summed E-state index contributed by atoms with van der Waals surface area (Å²) in [6, 6.07) is 9.29. The van der Waals surface area contributed by atoms with Crippen molar-refractivity contribution < 1.29 is 14.1 Å². The number of amides is 1. The summed E-state index contributed by atoms with van der Waals surface area (Å²) in [6.45, 7) is 7.31. The molecular weight excluding hydrogens is 497 g/mol. The Kier molecular flexibility index (Phi) is 11.9. The van der Waals surface area contributed by atoms with Crippen LogP contribution in [0.25, 0.3) is 0 Å². The smallest absolute Gasteiger partial charge is 0.221 e. The first-order valence-electron chi connectivity index (χ1n) is 9.96. The van der Waals surface area contributed by atoms with Gasteiger partial charge in [-0.1, -0.05) is 25.1 Å². The third kappa shape index (κ3) is 8.60. The lowest BCUT2D eigenvalue weighted by molar-refractivity contribution is -0.114. The summed E-state index contributed by atoms with van der Waals surface area (Å²) >= 11 is 0. The van der Waals surface area contributed by atoms with E-state index in [2.05, 4.69) is 39.9 Å². The lowest BCUT2D eigenvalue weighted by Gasteiger charge is -2.12. The molecule has 2 aromatic rings. The number of rotatable bonds is 10. The molecular formula is C21H32IN5O3. The second-order valence-corrected chi connectivity index (χ2v) is 6.64. The number of guanidine groups is 1. The molecule has 0 unspecified atom stereocenters. The van der Waals surface area contributed by atoms with Gasteiger partial charge in [0.2, 0.25) is 5.91 Å². The molecule has 1 heterocycles. The van der Waals surface area contributed by atoms with Gasteiger partial charge in [-0.2, -0.15) is 0 Å². The molecule has 0 radical (unpaired) electrons. The molecule has 9 heteroatoms. The number of anilines is 1. The number of aromatic nitrogens is 1. The summed E-state index contributed by atoms with van der Waals surface area (Å²) in [5.74, 6) is 2.45. The molecule has 3 N–H and O–H groups in total. The van der Waals surface area contributed by atoms with Crippen molar-refractivity contribution >= 4 is 41.5 Å². The molecule has 0 saturated carbocycles. The molecule has 2 rings (SSSR count). The van der Waals surface area contributed by atoms with E-state index in [1.54, 1.807) is 13.1 Å². The molecule has 30 heavy (non-hydrogen) atoms. The van der Waals surface area contributed by atoms with Gasteiger partial charge in [-0.05, 0) is 25.0 Å². The van der Waals surface area contributed by atoms with Gasteiger partial charge in [0, 0.05) is 37.7 Å². The Morgan fingerprint density at radius 3 is 2.67 bits per heavy atom. The van der Waals surface area contributed by atoms with E-state index >= 15 is 0 Å². The summed E-state index contributed by atoms with van der Waals surface area (Å²) in [5, 5.41) is 13.3.